The monoisotopic (exact) mass is 551 g/mol. The van der Waals surface area contributed by atoms with Gasteiger partial charge in [0.05, 0.1) is 7.11 Å². The molecule has 0 unspecified atom stereocenters. The minimum atomic E-state index is -0.392. The molecule has 196 valence electrons. The van der Waals surface area contributed by atoms with E-state index in [1.54, 1.807) is 87.0 Å². The molecule has 3 aromatic rings. The van der Waals surface area contributed by atoms with Crippen LogP contribution in [0.4, 0.5) is 11.4 Å². The molecule has 0 aliphatic carbocycles. The predicted molar refractivity (Wildman–Crippen MR) is 149 cm³/mol. The second kappa shape index (κ2) is 12.6. The van der Waals surface area contributed by atoms with Gasteiger partial charge in [-0.2, -0.15) is 0 Å². The second-order valence-electron chi connectivity index (χ2n) is 8.25. The zero-order valence-corrected chi connectivity index (χ0v) is 22.4. The normalized spacial score (nSPS) is 13.2. The Morgan fingerprint density at radius 3 is 2.18 bits per heavy atom. The Hall–Kier alpha value is -3.79. The highest BCUT2D eigenvalue weighted by Gasteiger charge is 2.38. The van der Waals surface area contributed by atoms with Gasteiger partial charge >= 0.3 is 0 Å². The van der Waals surface area contributed by atoms with Crippen molar-refractivity contribution in [3.63, 3.8) is 0 Å². The first-order valence-electron chi connectivity index (χ1n) is 11.7. The van der Waals surface area contributed by atoms with Crippen LogP contribution in [0.3, 0.4) is 0 Å². The molecule has 0 atom stereocenters. The number of imide groups is 1. The number of carbonyl (C=O) groups excluding carboxylic acids is 3. The summed E-state index contributed by atoms with van der Waals surface area (Å²) in [5, 5.41) is 6.50. The highest BCUT2D eigenvalue weighted by atomic mass is 35.5. The number of halogens is 1. The highest BCUT2D eigenvalue weighted by Crippen LogP contribution is 2.36. The number of nitrogens with one attached hydrogen (secondary N) is 2. The number of hydrogen-bond acceptors (Lipinski definition) is 7. The van der Waals surface area contributed by atoms with Gasteiger partial charge in [-0.25, -0.2) is 0 Å². The van der Waals surface area contributed by atoms with Gasteiger partial charge in [0.2, 0.25) is 0 Å². The Morgan fingerprint density at radius 2 is 1.55 bits per heavy atom. The molecule has 1 heterocycles. The zero-order chi connectivity index (χ0) is 27.1. The lowest BCUT2D eigenvalue weighted by molar-refractivity contribution is -0.137. The SMILES string of the molecule is COCCCN1C(=O)C(Nc2ccc(OC)cc2)=C(Sc2ccc(NC(=O)c3ccc(Cl)cc3)cc2)C1=O. The molecule has 0 saturated heterocycles. The molecule has 0 aromatic heterocycles. The van der Waals surface area contributed by atoms with Crippen molar-refractivity contribution in [1.82, 2.24) is 4.90 Å². The molecule has 3 amide bonds. The summed E-state index contributed by atoms with van der Waals surface area (Å²) in [6.45, 7) is 0.684. The maximum Gasteiger partial charge on any atom is 0.278 e. The van der Waals surface area contributed by atoms with Gasteiger partial charge in [0.25, 0.3) is 17.7 Å². The molecule has 0 radical (unpaired) electrons. The Labute approximate surface area is 229 Å². The zero-order valence-electron chi connectivity index (χ0n) is 20.8. The van der Waals surface area contributed by atoms with Crippen LogP contribution < -0.4 is 15.4 Å². The van der Waals surface area contributed by atoms with E-state index in [-0.39, 0.29) is 24.1 Å². The van der Waals surface area contributed by atoms with Crippen molar-refractivity contribution >= 4 is 52.5 Å². The van der Waals surface area contributed by atoms with E-state index in [1.165, 1.54) is 16.7 Å². The average molecular weight is 552 g/mol. The van der Waals surface area contributed by atoms with Gasteiger partial charge < -0.3 is 20.1 Å². The van der Waals surface area contributed by atoms with Crippen LogP contribution in [-0.2, 0) is 14.3 Å². The summed E-state index contributed by atoms with van der Waals surface area (Å²) in [4.78, 5) is 41.2. The Bertz CT molecular complexity index is 1340. The molecule has 1 aliphatic heterocycles. The van der Waals surface area contributed by atoms with E-state index < -0.39 is 5.91 Å². The average Bonchev–Trinajstić information content (AvgIpc) is 3.14. The number of carbonyl (C=O) groups is 3. The summed E-state index contributed by atoms with van der Waals surface area (Å²) in [7, 11) is 3.15. The molecule has 0 bridgehead atoms. The third-order valence-corrected chi connectivity index (χ3v) is 7.00. The fourth-order valence-electron chi connectivity index (χ4n) is 3.68. The Balaban J connectivity index is 1.52. The predicted octanol–water partition coefficient (Wildman–Crippen LogP) is 5.42. The molecule has 3 aromatic carbocycles. The van der Waals surface area contributed by atoms with Crippen LogP contribution >= 0.6 is 23.4 Å². The van der Waals surface area contributed by atoms with E-state index in [9.17, 15) is 14.4 Å². The molecular formula is C28H26ClN3O5S. The lowest BCUT2D eigenvalue weighted by Gasteiger charge is -2.14. The second-order valence-corrected chi connectivity index (χ2v) is 9.77. The fourth-order valence-corrected chi connectivity index (χ4v) is 4.75. The molecule has 0 fully saturated rings. The molecular weight excluding hydrogens is 526 g/mol. The molecule has 2 N–H and O–H groups in total. The summed E-state index contributed by atoms with van der Waals surface area (Å²) in [5.74, 6) is -0.347. The van der Waals surface area contributed by atoms with Crippen LogP contribution in [0, 0.1) is 0 Å². The number of thioether (sulfide) groups is 1. The third-order valence-electron chi connectivity index (χ3n) is 5.65. The summed E-state index contributed by atoms with van der Waals surface area (Å²) >= 11 is 7.08. The van der Waals surface area contributed by atoms with Crippen molar-refractivity contribution in [2.45, 2.75) is 11.3 Å². The number of nitrogens with zero attached hydrogens (tertiary/aromatic N) is 1. The molecule has 0 spiro atoms. The van der Waals surface area contributed by atoms with Crippen LogP contribution in [0.2, 0.25) is 5.02 Å². The quantitative estimate of drug-likeness (QED) is 0.242. The molecule has 4 rings (SSSR count). The lowest BCUT2D eigenvalue weighted by Crippen LogP contribution is -2.33. The lowest BCUT2D eigenvalue weighted by atomic mass is 10.2. The Morgan fingerprint density at radius 1 is 0.895 bits per heavy atom. The topological polar surface area (TPSA) is 97.0 Å². The number of ether oxygens (including phenoxy) is 2. The van der Waals surface area contributed by atoms with Gasteiger partial charge in [-0.1, -0.05) is 23.4 Å². The van der Waals surface area contributed by atoms with E-state index in [0.29, 0.717) is 45.6 Å². The van der Waals surface area contributed by atoms with Gasteiger partial charge in [0.1, 0.15) is 16.4 Å². The van der Waals surface area contributed by atoms with E-state index in [4.69, 9.17) is 21.1 Å². The molecule has 8 nitrogen and oxygen atoms in total. The van der Waals surface area contributed by atoms with E-state index in [2.05, 4.69) is 10.6 Å². The largest absolute Gasteiger partial charge is 0.497 e. The minimum Gasteiger partial charge on any atom is -0.497 e. The van der Waals surface area contributed by atoms with Crippen LogP contribution in [0.5, 0.6) is 5.75 Å². The first-order chi connectivity index (χ1) is 18.4. The standard InChI is InChI=1S/C28H26ClN3O5S/c1-36-17-3-16-32-27(34)24(30-20-8-12-22(37-2)13-9-20)25(28(32)35)38-23-14-10-21(11-15-23)31-26(33)18-4-6-19(29)7-5-18/h4-15,30H,3,16-17H2,1-2H3,(H,31,33). The number of rotatable bonds is 11. The summed E-state index contributed by atoms with van der Waals surface area (Å²) in [6.07, 6.45) is 0.532. The number of hydrogen-bond donors (Lipinski definition) is 2. The van der Waals surface area contributed by atoms with Crippen LogP contribution in [0.1, 0.15) is 16.8 Å². The van der Waals surface area contributed by atoms with Gasteiger partial charge in [-0.05, 0) is 79.2 Å². The maximum absolute atomic E-state index is 13.3. The van der Waals surface area contributed by atoms with Crippen molar-refractivity contribution in [1.29, 1.82) is 0 Å². The first kappa shape index (κ1) is 27.3. The van der Waals surface area contributed by atoms with Crippen molar-refractivity contribution < 1.29 is 23.9 Å². The van der Waals surface area contributed by atoms with Crippen molar-refractivity contribution in [3.8, 4) is 5.75 Å². The van der Waals surface area contributed by atoms with E-state index >= 15 is 0 Å². The summed E-state index contributed by atoms with van der Waals surface area (Å²) in [5.41, 5.74) is 1.94. The minimum absolute atomic E-state index is 0.211. The van der Waals surface area contributed by atoms with Crippen molar-refractivity contribution in [3.05, 3.63) is 94.0 Å². The van der Waals surface area contributed by atoms with Crippen molar-refractivity contribution in [2.24, 2.45) is 0 Å². The molecule has 0 saturated carbocycles. The fraction of sp³-hybridized carbons (Fsp3) is 0.179. The van der Waals surface area contributed by atoms with Crippen molar-refractivity contribution in [2.75, 3.05) is 38.0 Å². The number of amides is 3. The maximum atomic E-state index is 13.3. The number of benzene rings is 3. The number of anilines is 2. The Kier molecular flexibility index (Phi) is 9.06. The highest BCUT2D eigenvalue weighted by molar-refractivity contribution is 8.04. The van der Waals surface area contributed by atoms with Gasteiger partial charge in [0.15, 0.2) is 0 Å². The summed E-state index contributed by atoms with van der Waals surface area (Å²) in [6, 6.07) is 20.7. The molecule has 10 heteroatoms. The van der Waals surface area contributed by atoms with Gasteiger partial charge in [-0.3, -0.25) is 19.3 Å². The van der Waals surface area contributed by atoms with Crippen LogP contribution in [-0.4, -0.2) is 50.0 Å². The molecule has 1 aliphatic rings. The number of methoxy groups -OCH3 is 2. The summed E-state index contributed by atoms with van der Waals surface area (Å²) < 4.78 is 10.3. The smallest absolute Gasteiger partial charge is 0.278 e. The van der Waals surface area contributed by atoms with Gasteiger partial charge in [-0.15, -0.1) is 0 Å². The van der Waals surface area contributed by atoms with Crippen LogP contribution in [0.15, 0.2) is 88.3 Å². The van der Waals surface area contributed by atoms with E-state index in [0.717, 1.165) is 4.90 Å². The first-order valence-corrected chi connectivity index (χ1v) is 12.9. The van der Waals surface area contributed by atoms with E-state index in [1.807, 2.05) is 0 Å². The third kappa shape index (κ3) is 6.55. The van der Waals surface area contributed by atoms with Gasteiger partial charge in [0, 0.05) is 47.1 Å². The molecule has 38 heavy (non-hydrogen) atoms. The van der Waals surface area contributed by atoms with Crippen LogP contribution in [0.25, 0.3) is 0 Å².